The van der Waals surface area contributed by atoms with Crippen LogP contribution in [-0.4, -0.2) is 9.13 Å². The smallest absolute Gasteiger partial charge is 0.0725 e. The molecule has 0 N–H and O–H groups in total. The van der Waals surface area contributed by atoms with Gasteiger partial charge in [0.15, 0.2) is 0 Å². The second-order valence-electron chi connectivity index (χ2n) is 33.0. The summed E-state index contributed by atoms with van der Waals surface area (Å²) < 4.78 is 4.97. The molecule has 0 bridgehead atoms. The molecule has 113 heavy (non-hydrogen) atoms. The molecule has 0 fully saturated rings. The van der Waals surface area contributed by atoms with Crippen LogP contribution in [0.2, 0.25) is 0 Å². The van der Waals surface area contributed by atoms with E-state index in [-0.39, 0.29) is 10.8 Å². The number of fused-ring (bicyclic) bond motifs is 28. The molecule has 18 aromatic carbocycles. The normalized spacial score (nSPS) is 14.3. The lowest BCUT2D eigenvalue weighted by atomic mass is 9.70. The zero-order valence-electron chi connectivity index (χ0n) is 63.2. The van der Waals surface area contributed by atoms with Crippen LogP contribution in [0.25, 0.3) is 189 Å². The minimum atomic E-state index is -0.508. The summed E-state index contributed by atoms with van der Waals surface area (Å²) in [5.41, 5.74) is 37.2. The van der Waals surface area contributed by atoms with Crippen molar-refractivity contribution in [2.24, 2.45) is 0 Å². The Morgan fingerprint density at radius 1 is 0.195 bits per heavy atom. The molecule has 1 spiro atoms. The molecule has 0 saturated heterocycles. The first-order valence-electron chi connectivity index (χ1n) is 39.8. The van der Waals surface area contributed by atoms with E-state index in [2.05, 4.69) is 413 Å². The minimum Gasteiger partial charge on any atom is -0.309 e. The average Bonchev–Trinajstić information content (AvgIpc) is 1.50. The van der Waals surface area contributed by atoms with Gasteiger partial charge in [-0.3, -0.25) is 0 Å². The third-order valence-corrected chi connectivity index (χ3v) is 26.5. The van der Waals surface area contributed by atoms with Crippen molar-refractivity contribution >= 4 is 111 Å². The zero-order chi connectivity index (χ0) is 74.7. The molecule has 2 heteroatoms. The van der Waals surface area contributed by atoms with Crippen LogP contribution in [0.1, 0.15) is 94.5 Å². The van der Waals surface area contributed by atoms with Crippen LogP contribution in [0.4, 0.5) is 0 Å². The SMILES string of the molecule is CC1(C)c2cc(C=Cc3ccc4c(c3)C3(c5ccccc5-c5ccccc53)c3cc(C=Cc5ccc6c(c5)C(C)(C)c5cc(-c7ccc8c(c7)c7ccccc7n8-c7cc8ccccc8c8ccccc78)ccc5-6)ccc3-4)ccc2-c2ccc(-c3ccc4c(c3)c3ccccc3n4-c3cc4ccccc4c4ccccc34)cc21. The molecule has 20 aromatic rings. The summed E-state index contributed by atoms with van der Waals surface area (Å²) in [6.07, 6.45) is 9.35. The van der Waals surface area contributed by atoms with Crippen molar-refractivity contribution in [2.75, 3.05) is 0 Å². The molecule has 24 rings (SSSR count). The highest BCUT2D eigenvalue weighted by Crippen LogP contribution is 2.64. The maximum absolute atomic E-state index is 2.50. The lowest BCUT2D eigenvalue weighted by Crippen LogP contribution is -2.26. The van der Waals surface area contributed by atoms with Crippen molar-refractivity contribution in [1.82, 2.24) is 9.13 Å². The average molecular weight is 1440 g/mol. The number of rotatable bonds is 8. The predicted molar refractivity (Wildman–Crippen MR) is 478 cm³/mol. The van der Waals surface area contributed by atoms with Crippen molar-refractivity contribution < 1.29 is 0 Å². The maximum Gasteiger partial charge on any atom is 0.0725 e. The van der Waals surface area contributed by atoms with Gasteiger partial charge < -0.3 is 9.13 Å². The first-order chi connectivity index (χ1) is 55.5. The molecule has 4 aliphatic rings. The maximum atomic E-state index is 2.50. The van der Waals surface area contributed by atoms with Gasteiger partial charge in [0, 0.05) is 43.1 Å². The van der Waals surface area contributed by atoms with Crippen molar-refractivity contribution in [3.05, 3.63) is 419 Å². The van der Waals surface area contributed by atoms with Crippen LogP contribution in [0, 0.1) is 0 Å². The summed E-state index contributed by atoms with van der Waals surface area (Å²) in [5.74, 6) is 0. The standard InChI is InChI=1S/C111H74N2/c1-109(2)97-57-67(41-49-83(97)85-53-45-73(63-99(85)109)71-47-55-105-93(61-71)91-31-15-19-35-103(91)112(105)107-65-75-21-5-7-23-77(75)79-25-9-11-29-89(79)107)37-39-69-43-51-87-88-52-44-70(60-102(88)111(101(87)59-69)95-33-17-13-27-81(95)82-28-14-18-34-96(82)111)40-38-68-42-50-84-86-54-46-74(64-100(86)110(3,4)98(84)58-68)72-48-56-106-94(62-72)92-32-16-20-36-104(92)113(106)108-66-76-22-6-8-24-78(76)80-26-10-12-30-90(80)108/h5-66H,1-4H3. The van der Waals surface area contributed by atoms with Crippen LogP contribution < -0.4 is 0 Å². The van der Waals surface area contributed by atoms with Crippen LogP contribution >= 0.6 is 0 Å². The molecular weight excluding hydrogens is 1360 g/mol. The van der Waals surface area contributed by atoms with Gasteiger partial charge in [-0.2, -0.15) is 0 Å². The Bertz CT molecular complexity index is 7230. The van der Waals surface area contributed by atoms with Crippen LogP contribution in [0.3, 0.4) is 0 Å². The van der Waals surface area contributed by atoms with Crippen molar-refractivity contribution in [3.63, 3.8) is 0 Å². The van der Waals surface area contributed by atoms with E-state index in [1.54, 1.807) is 0 Å². The largest absolute Gasteiger partial charge is 0.309 e. The van der Waals surface area contributed by atoms with Crippen LogP contribution in [0.5, 0.6) is 0 Å². The number of nitrogens with zero attached hydrogens (tertiary/aromatic N) is 2. The van der Waals surface area contributed by atoms with Crippen LogP contribution in [0.15, 0.2) is 352 Å². The van der Waals surface area contributed by atoms with Gasteiger partial charge >= 0.3 is 0 Å². The topological polar surface area (TPSA) is 9.86 Å². The van der Waals surface area contributed by atoms with Gasteiger partial charge in [0.25, 0.3) is 0 Å². The molecule has 0 radical (unpaired) electrons. The summed E-state index contributed by atoms with van der Waals surface area (Å²) in [7, 11) is 0. The van der Waals surface area contributed by atoms with Gasteiger partial charge in [-0.15, -0.1) is 0 Å². The highest BCUT2D eigenvalue weighted by molar-refractivity contribution is 6.18. The molecule has 0 atom stereocenters. The number of para-hydroxylation sites is 2. The third kappa shape index (κ3) is 9.06. The first kappa shape index (κ1) is 64.0. The molecule has 2 heterocycles. The Kier molecular flexibility index (Phi) is 13.3. The van der Waals surface area contributed by atoms with E-state index in [4.69, 9.17) is 0 Å². The Morgan fingerprint density at radius 2 is 0.478 bits per heavy atom. The molecule has 2 nitrogen and oxygen atoms in total. The Hall–Kier alpha value is -13.9. The number of hydrogen-bond donors (Lipinski definition) is 0. The van der Waals surface area contributed by atoms with Crippen molar-refractivity contribution in [1.29, 1.82) is 0 Å². The van der Waals surface area contributed by atoms with E-state index in [1.165, 1.54) is 232 Å². The van der Waals surface area contributed by atoms with Crippen LogP contribution in [-0.2, 0) is 16.2 Å². The molecule has 2 aromatic heterocycles. The zero-order valence-corrected chi connectivity index (χ0v) is 63.2. The second-order valence-corrected chi connectivity index (χ2v) is 33.0. The monoisotopic (exact) mass is 1430 g/mol. The Balaban J connectivity index is 0.529. The lowest BCUT2D eigenvalue weighted by Gasteiger charge is -2.30. The predicted octanol–water partition coefficient (Wildman–Crippen LogP) is 29.1. The molecule has 0 aliphatic heterocycles. The van der Waals surface area contributed by atoms with Gasteiger partial charge in [0.1, 0.15) is 0 Å². The Labute approximate surface area is 656 Å². The molecular formula is C111H74N2. The van der Waals surface area contributed by atoms with E-state index in [0.29, 0.717) is 0 Å². The summed E-state index contributed by atoms with van der Waals surface area (Å²) in [4.78, 5) is 0. The molecule has 4 aliphatic carbocycles. The van der Waals surface area contributed by atoms with Crippen molar-refractivity contribution in [3.8, 4) is 78.1 Å². The van der Waals surface area contributed by atoms with Gasteiger partial charge in [-0.1, -0.05) is 331 Å². The van der Waals surface area contributed by atoms with Gasteiger partial charge in [0.05, 0.1) is 38.9 Å². The first-order valence-corrected chi connectivity index (χ1v) is 39.8. The van der Waals surface area contributed by atoms with E-state index < -0.39 is 5.41 Å². The fourth-order valence-corrected chi connectivity index (χ4v) is 21.1. The van der Waals surface area contributed by atoms with E-state index in [1.807, 2.05) is 0 Å². The molecule has 0 amide bonds. The lowest BCUT2D eigenvalue weighted by molar-refractivity contribution is 0.660. The molecule has 0 saturated carbocycles. The summed E-state index contributed by atoms with van der Waals surface area (Å²) >= 11 is 0. The van der Waals surface area contributed by atoms with Gasteiger partial charge in [0.2, 0.25) is 0 Å². The second kappa shape index (κ2) is 23.6. The van der Waals surface area contributed by atoms with Gasteiger partial charge in [-0.25, -0.2) is 0 Å². The fraction of sp³-hybridized carbons (Fsp3) is 0.0631. The highest BCUT2D eigenvalue weighted by Gasteiger charge is 2.52. The summed E-state index contributed by atoms with van der Waals surface area (Å²) in [5, 5.41) is 15.1. The van der Waals surface area contributed by atoms with E-state index in [0.717, 1.165) is 0 Å². The third-order valence-electron chi connectivity index (χ3n) is 26.5. The van der Waals surface area contributed by atoms with Gasteiger partial charge in [-0.05, 0) is 239 Å². The quantitative estimate of drug-likeness (QED) is 0.106. The number of benzene rings is 18. The molecule has 0 unspecified atom stereocenters. The Morgan fingerprint density at radius 3 is 0.894 bits per heavy atom. The molecule has 528 valence electrons. The van der Waals surface area contributed by atoms with E-state index >= 15 is 0 Å². The fourth-order valence-electron chi connectivity index (χ4n) is 21.1. The minimum absolute atomic E-state index is 0.220. The highest BCUT2D eigenvalue weighted by atomic mass is 15.0. The summed E-state index contributed by atoms with van der Waals surface area (Å²) in [6, 6.07) is 133. The van der Waals surface area contributed by atoms with E-state index in [9.17, 15) is 0 Å². The number of aromatic nitrogens is 2. The van der Waals surface area contributed by atoms with Crippen molar-refractivity contribution in [2.45, 2.75) is 43.9 Å². The number of hydrogen-bond acceptors (Lipinski definition) is 0. The summed E-state index contributed by atoms with van der Waals surface area (Å²) in [6.45, 7) is 9.64.